The van der Waals surface area contributed by atoms with Crippen LogP contribution in [0.4, 0.5) is 0 Å². The van der Waals surface area contributed by atoms with Gasteiger partial charge in [0.05, 0.1) is 13.0 Å². The highest BCUT2D eigenvalue weighted by atomic mass is 31.2. The molecule has 27 heavy (non-hydrogen) atoms. The maximum Gasteiger partial charge on any atom is 0.339 e. The molecule has 0 heterocycles. The largest absolute Gasteiger partial charge is 0.481 e. The van der Waals surface area contributed by atoms with Gasteiger partial charge in [0, 0.05) is 18.6 Å². The third-order valence-electron chi connectivity index (χ3n) is 4.31. The molecule has 1 unspecified atom stereocenters. The lowest BCUT2D eigenvalue weighted by Gasteiger charge is -2.44. The summed E-state index contributed by atoms with van der Waals surface area (Å²) in [6, 6.07) is -1.31. The van der Waals surface area contributed by atoms with Crippen molar-refractivity contribution in [3.05, 3.63) is 0 Å². The molecule has 0 spiro atoms. The molecular weight excluding hydrogens is 406 g/mol. The number of nitrogens with zero attached hydrogens (tertiary/aromatic N) is 2. The predicted octanol–water partition coefficient (Wildman–Crippen LogP) is -0.269. The molecule has 0 radical (unpaired) electrons. The van der Waals surface area contributed by atoms with Crippen molar-refractivity contribution in [2.45, 2.75) is 44.2 Å². The van der Waals surface area contributed by atoms with E-state index in [1.54, 1.807) is 0 Å². The zero-order valence-corrected chi connectivity index (χ0v) is 16.4. The van der Waals surface area contributed by atoms with Crippen molar-refractivity contribution in [3.63, 3.8) is 0 Å². The van der Waals surface area contributed by atoms with Crippen LogP contribution < -0.4 is 0 Å². The van der Waals surface area contributed by atoms with Crippen molar-refractivity contribution in [1.82, 2.24) is 9.80 Å². The minimum atomic E-state index is -4.58. The molecule has 0 amide bonds. The fourth-order valence-electron chi connectivity index (χ4n) is 3.44. The molecule has 158 valence electrons. The third-order valence-corrected chi connectivity index (χ3v) is 5.78. The van der Waals surface area contributed by atoms with Crippen LogP contribution in [0, 0.1) is 0 Å². The van der Waals surface area contributed by atoms with E-state index < -0.39 is 58.3 Å². The average molecular weight is 432 g/mol. The van der Waals surface area contributed by atoms with Crippen molar-refractivity contribution in [2.75, 3.05) is 25.7 Å². The Kier molecular flexibility index (Phi) is 9.04. The van der Waals surface area contributed by atoms with Crippen molar-refractivity contribution in [1.29, 1.82) is 0 Å². The molecule has 1 saturated carbocycles. The number of hydrogen-bond donors (Lipinski definition) is 6. The normalized spacial score (nSPS) is 21.6. The van der Waals surface area contributed by atoms with E-state index in [0.29, 0.717) is 25.7 Å². The zero-order chi connectivity index (χ0) is 20.8. The number of carboxylic acid groups (broad SMARTS) is 2. The van der Waals surface area contributed by atoms with Gasteiger partial charge < -0.3 is 29.8 Å². The Morgan fingerprint density at radius 3 is 1.67 bits per heavy atom. The average Bonchev–Trinajstić information content (AvgIpc) is 2.48. The summed E-state index contributed by atoms with van der Waals surface area (Å²) >= 11 is 0. The summed E-state index contributed by atoms with van der Waals surface area (Å²) in [4.78, 5) is 61.7. The lowest BCUT2D eigenvalue weighted by atomic mass is 9.88. The number of hydrogen-bond acceptors (Lipinski definition) is 6. The summed E-state index contributed by atoms with van der Waals surface area (Å²) < 4.78 is 22.9. The van der Waals surface area contributed by atoms with Gasteiger partial charge in [-0.25, -0.2) is 0 Å². The number of rotatable bonds is 11. The molecule has 0 aromatic heterocycles. The Labute approximate surface area is 156 Å². The summed E-state index contributed by atoms with van der Waals surface area (Å²) in [6.45, 7) is -0.812. The summed E-state index contributed by atoms with van der Waals surface area (Å²) in [5, 5.41) is 18.0. The molecule has 0 bridgehead atoms. The Morgan fingerprint density at radius 2 is 1.26 bits per heavy atom. The van der Waals surface area contributed by atoms with Gasteiger partial charge in [-0.1, -0.05) is 12.8 Å². The molecule has 14 heteroatoms. The minimum absolute atomic E-state index is 0.168. The first-order chi connectivity index (χ1) is 12.3. The van der Waals surface area contributed by atoms with Crippen LogP contribution in [-0.4, -0.2) is 89.3 Å². The van der Waals surface area contributed by atoms with Gasteiger partial charge in [0.2, 0.25) is 0 Å². The Bertz CT molecular complexity index is 618. The van der Waals surface area contributed by atoms with Gasteiger partial charge in [0.15, 0.2) is 0 Å². The van der Waals surface area contributed by atoms with E-state index in [2.05, 4.69) is 0 Å². The molecule has 2 atom stereocenters. The van der Waals surface area contributed by atoms with E-state index in [9.17, 15) is 38.3 Å². The van der Waals surface area contributed by atoms with Crippen LogP contribution in [0.15, 0.2) is 0 Å². The number of carboxylic acids is 2. The highest BCUT2D eigenvalue weighted by Crippen LogP contribution is 2.41. The van der Waals surface area contributed by atoms with Crippen LogP contribution in [0.3, 0.4) is 0 Å². The second-order valence-electron chi connectivity index (χ2n) is 6.63. The second kappa shape index (κ2) is 10.1. The quantitative estimate of drug-likeness (QED) is 0.234. The lowest BCUT2D eigenvalue weighted by molar-refractivity contribution is -0.139. The molecule has 1 fully saturated rings. The van der Waals surface area contributed by atoms with Gasteiger partial charge in [-0.2, -0.15) is 0 Å². The highest BCUT2D eigenvalue weighted by molar-refractivity contribution is 7.51. The van der Waals surface area contributed by atoms with Crippen LogP contribution >= 0.6 is 15.2 Å². The summed E-state index contributed by atoms with van der Waals surface area (Å²) in [5.74, 6) is -2.45. The maximum absolute atomic E-state index is 11.5. The number of aliphatic carboxylic acids is 2. The molecule has 1 aliphatic rings. The minimum Gasteiger partial charge on any atom is -0.481 e. The first-order valence-corrected chi connectivity index (χ1v) is 11.9. The predicted molar refractivity (Wildman–Crippen MR) is 93.2 cm³/mol. The van der Waals surface area contributed by atoms with Gasteiger partial charge in [0.25, 0.3) is 0 Å². The topological polar surface area (TPSA) is 196 Å². The maximum atomic E-state index is 11.5. The zero-order valence-electron chi connectivity index (χ0n) is 14.6. The fraction of sp³-hybridized carbons (Fsp3) is 0.846. The van der Waals surface area contributed by atoms with Crippen molar-refractivity contribution in [3.8, 4) is 0 Å². The van der Waals surface area contributed by atoms with Crippen LogP contribution in [0.5, 0.6) is 0 Å². The highest BCUT2D eigenvalue weighted by Gasteiger charge is 2.39. The molecule has 6 N–H and O–H groups in total. The van der Waals surface area contributed by atoms with Crippen molar-refractivity contribution in [2.24, 2.45) is 0 Å². The molecule has 0 aromatic rings. The van der Waals surface area contributed by atoms with E-state index in [-0.39, 0.29) is 13.0 Å². The standard InChI is InChI=1S/C13H26N2O10P2/c16-12(17)5-6-14(8-26(20,21)22)10-3-1-2-4-11(10)15(7-13(18)19)9-27(23,24)25/h10-11H,1-9H2,(H,16,17)(H,18,19)(H2,20,21,22)(H2,23,24,25)/t10-,11?/m0/s1. The SMILES string of the molecule is O=C(O)CCN(CP(=O)(O)O)[C@H]1CCCCC1N(CC(=O)O)CP(=O)(O)O. The van der Waals surface area contributed by atoms with Gasteiger partial charge in [0.1, 0.15) is 12.6 Å². The van der Waals surface area contributed by atoms with Gasteiger partial charge >= 0.3 is 27.1 Å². The second-order valence-corrected chi connectivity index (χ2v) is 9.85. The van der Waals surface area contributed by atoms with E-state index in [1.165, 1.54) is 4.90 Å². The molecule has 0 aromatic carbocycles. The van der Waals surface area contributed by atoms with Crippen LogP contribution in [0.1, 0.15) is 32.1 Å². The smallest absolute Gasteiger partial charge is 0.339 e. The van der Waals surface area contributed by atoms with Gasteiger partial charge in [-0.3, -0.25) is 28.5 Å². The van der Waals surface area contributed by atoms with Crippen LogP contribution in [0.25, 0.3) is 0 Å². The van der Waals surface area contributed by atoms with E-state index in [1.807, 2.05) is 0 Å². The monoisotopic (exact) mass is 432 g/mol. The Morgan fingerprint density at radius 1 is 0.815 bits per heavy atom. The molecule has 1 aliphatic carbocycles. The molecule has 0 saturated heterocycles. The fourth-order valence-corrected chi connectivity index (χ4v) is 5.05. The van der Waals surface area contributed by atoms with E-state index in [4.69, 9.17) is 10.2 Å². The first kappa shape index (κ1) is 24.2. The van der Waals surface area contributed by atoms with Crippen LogP contribution in [-0.2, 0) is 18.7 Å². The first-order valence-electron chi connectivity index (χ1n) is 8.29. The Balaban J connectivity index is 3.13. The summed E-state index contributed by atoms with van der Waals surface area (Å²) in [6.07, 6.45) is 0.218. The molecule has 12 nitrogen and oxygen atoms in total. The molecular formula is C13H26N2O10P2. The number of carbonyl (C=O) groups is 2. The Hall–Kier alpha value is -0.840. The van der Waals surface area contributed by atoms with Gasteiger partial charge in [-0.05, 0) is 12.8 Å². The van der Waals surface area contributed by atoms with Crippen molar-refractivity contribution >= 4 is 27.1 Å². The molecule has 0 aliphatic heterocycles. The van der Waals surface area contributed by atoms with Crippen LogP contribution in [0.2, 0.25) is 0 Å². The van der Waals surface area contributed by atoms with Gasteiger partial charge in [-0.15, -0.1) is 0 Å². The van der Waals surface area contributed by atoms with Crippen molar-refractivity contribution < 1.29 is 48.5 Å². The molecule has 1 rings (SSSR count). The van der Waals surface area contributed by atoms with E-state index >= 15 is 0 Å². The third kappa shape index (κ3) is 9.77. The summed E-state index contributed by atoms with van der Waals surface area (Å²) in [5.41, 5.74) is 0. The summed E-state index contributed by atoms with van der Waals surface area (Å²) in [7, 11) is -9.11. The lowest BCUT2D eigenvalue weighted by Crippen LogP contribution is -2.55. The van der Waals surface area contributed by atoms with E-state index in [0.717, 1.165) is 4.90 Å².